The molecule has 9 atom stereocenters. The molecule has 7 rings (SSSR count). The zero-order chi connectivity index (χ0) is 15.6. The van der Waals surface area contributed by atoms with Gasteiger partial charge in [-0.25, -0.2) is 0 Å². The normalized spacial score (nSPS) is 65.0. The fourth-order valence-corrected chi connectivity index (χ4v) is 8.60. The van der Waals surface area contributed by atoms with Crippen LogP contribution in [0.2, 0.25) is 0 Å². The Balaban J connectivity index is 1.37. The predicted octanol–water partition coefficient (Wildman–Crippen LogP) is 3.56. The molecule has 5 aliphatic carbocycles. The Kier molecular flexibility index (Phi) is 2.33. The van der Waals surface area contributed by atoms with Crippen molar-refractivity contribution in [2.75, 3.05) is 7.11 Å². The molecule has 0 aromatic rings. The van der Waals surface area contributed by atoms with E-state index in [-0.39, 0.29) is 11.2 Å². The highest BCUT2D eigenvalue weighted by atomic mass is 16.7. The average molecular weight is 316 g/mol. The fraction of sp³-hybridized carbons (Fsp3) is 0.950. The van der Waals surface area contributed by atoms with Crippen LogP contribution in [0.15, 0.2) is 0 Å². The Morgan fingerprint density at radius 3 is 2.70 bits per heavy atom. The van der Waals surface area contributed by atoms with Crippen molar-refractivity contribution in [3.8, 4) is 0 Å². The molecule has 3 nitrogen and oxygen atoms in total. The molecule has 7 fully saturated rings. The number of fused-ring (bicyclic) bond motifs is 3. The summed E-state index contributed by atoms with van der Waals surface area (Å²) < 4.78 is 12.2. The van der Waals surface area contributed by atoms with Crippen LogP contribution in [0.3, 0.4) is 0 Å². The van der Waals surface area contributed by atoms with E-state index in [2.05, 4.69) is 6.92 Å². The molecule has 2 saturated heterocycles. The van der Waals surface area contributed by atoms with Crippen molar-refractivity contribution in [1.82, 2.24) is 0 Å². The van der Waals surface area contributed by atoms with Gasteiger partial charge in [-0.1, -0.05) is 6.92 Å². The Bertz CT molecular complexity index is 586. The predicted molar refractivity (Wildman–Crippen MR) is 84.5 cm³/mol. The van der Waals surface area contributed by atoms with E-state index >= 15 is 0 Å². The molecule has 2 aliphatic heterocycles. The van der Waals surface area contributed by atoms with E-state index in [0.29, 0.717) is 23.2 Å². The van der Waals surface area contributed by atoms with Crippen LogP contribution in [0, 0.1) is 40.4 Å². The molecule has 7 aliphatic rings. The minimum atomic E-state index is -0.235. The minimum absolute atomic E-state index is 0.0143. The van der Waals surface area contributed by atoms with E-state index < -0.39 is 0 Å². The van der Waals surface area contributed by atoms with E-state index in [9.17, 15) is 4.79 Å². The van der Waals surface area contributed by atoms with Gasteiger partial charge in [-0.2, -0.15) is 0 Å². The number of methoxy groups -OCH3 is 1. The second-order valence-electron chi connectivity index (χ2n) is 9.74. The maximum absolute atomic E-state index is 12.5. The Morgan fingerprint density at radius 2 is 1.96 bits per heavy atom. The molecular formula is C20H28O3. The number of Topliss-reactive ketones (excluding diaryl/α,β-unsaturated/α-hetero) is 1. The molecule has 23 heavy (non-hydrogen) atoms. The lowest BCUT2D eigenvalue weighted by Crippen LogP contribution is -2.56. The van der Waals surface area contributed by atoms with Gasteiger partial charge in [0.05, 0.1) is 6.10 Å². The number of hydrogen-bond donors (Lipinski definition) is 0. The first-order valence-electron chi connectivity index (χ1n) is 9.81. The van der Waals surface area contributed by atoms with Crippen molar-refractivity contribution < 1.29 is 14.3 Å². The minimum Gasteiger partial charge on any atom is -0.353 e. The van der Waals surface area contributed by atoms with Gasteiger partial charge >= 0.3 is 0 Å². The highest BCUT2D eigenvalue weighted by Gasteiger charge is 2.84. The summed E-state index contributed by atoms with van der Waals surface area (Å²) in [5.74, 6) is 4.20. The van der Waals surface area contributed by atoms with Gasteiger partial charge in [-0.15, -0.1) is 0 Å². The quantitative estimate of drug-likeness (QED) is 0.742. The first-order valence-corrected chi connectivity index (χ1v) is 9.81. The standard InChI is InChI=1S/C20H28O3/c1-18-8-7-14-12(13(18)5-6-16(18)21)4-3-11-9-19(22-2)10-15-17(23-19)20(11,14)15/h11-15,17H,3-10H2,1-2H3/t11?,12-,13-,14-,15-,17-,18-,19-,20?/m0/s1. The van der Waals surface area contributed by atoms with E-state index in [0.717, 1.165) is 55.8 Å². The zero-order valence-electron chi connectivity index (χ0n) is 14.3. The van der Waals surface area contributed by atoms with Gasteiger partial charge in [-0.3, -0.25) is 4.79 Å². The zero-order valence-corrected chi connectivity index (χ0v) is 14.3. The topological polar surface area (TPSA) is 35.5 Å². The SMILES string of the molecule is CO[C@]12CC3CC[C@@H]4[C@H](CC[C@]5(C)C(=O)CC[C@@H]45)C34[C@@H](C1)[C@@H]4O2. The molecule has 0 amide bonds. The van der Waals surface area contributed by atoms with Crippen LogP contribution >= 0.6 is 0 Å². The lowest BCUT2D eigenvalue weighted by molar-refractivity contribution is -0.281. The molecule has 126 valence electrons. The molecule has 1 spiro atoms. The number of rotatable bonds is 1. The van der Waals surface area contributed by atoms with Crippen LogP contribution in [-0.2, 0) is 14.3 Å². The van der Waals surface area contributed by atoms with Gasteiger partial charge in [0.25, 0.3) is 0 Å². The van der Waals surface area contributed by atoms with Crippen LogP contribution < -0.4 is 0 Å². The van der Waals surface area contributed by atoms with Crippen molar-refractivity contribution in [1.29, 1.82) is 0 Å². The average Bonchev–Trinajstić information content (AvgIpc) is 2.87. The third-order valence-corrected chi connectivity index (χ3v) is 9.54. The van der Waals surface area contributed by atoms with Crippen molar-refractivity contribution in [3.63, 3.8) is 0 Å². The van der Waals surface area contributed by atoms with Crippen molar-refractivity contribution in [2.24, 2.45) is 40.4 Å². The monoisotopic (exact) mass is 316 g/mol. The molecule has 0 radical (unpaired) electrons. The van der Waals surface area contributed by atoms with Gasteiger partial charge in [-0.05, 0) is 61.7 Å². The lowest BCUT2D eigenvalue weighted by atomic mass is 9.48. The highest BCUT2D eigenvalue weighted by Crippen LogP contribution is 2.82. The fourth-order valence-electron chi connectivity index (χ4n) is 8.60. The van der Waals surface area contributed by atoms with Crippen molar-refractivity contribution in [2.45, 2.75) is 70.2 Å². The molecule has 0 aromatic carbocycles. The third kappa shape index (κ3) is 1.31. The summed E-state index contributed by atoms with van der Waals surface area (Å²) in [7, 11) is 1.83. The summed E-state index contributed by atoms with van der Waals surface area (Å²) in [4.78, 5) is 12.5. The maximum atomic E-state index is 12.5. The molecule has 0 aromatic heterocycles. The van der Waals surface area contributed by atoms with Crippen LogP contribution in [0.1, 0.15) is 58.3 Å². The van der Waals surface area contributed by atoms with Crippen LogP contribution in [0.4, 0.5) is 0 Å². The van der Waals surface area contributed by atoms with E-state index in [4.69, 9.17) is 9.47 Å². The molecule has 3 heteroatoms. The molecule has 4 bridgehead atoms. The molecule has 5 saturated carbocycles. The number of ketones is 1. The van der Waals surface area contributed by atoms with Gasteiger partial charge in [0, 0.05) is 37.2 Å². The first-order chi connectivity index (χ1) is 11.1. The summed E-state index contributed by atoms with van der Waals surface area (Å²) in [6.45, 7) is 2.29. The molecule has 2 unspecified atom stereocenters. The first kappa shape index (κ1) is 13.8. The van der Waals surface area contributed by atoms with Gasteiger partial charge in [0.1, 0.15) is 5.78 Å². The maximum Gasteiger partial charge on any atom is 0.168 e. The summed E-state index contributed by atoms with van der Waals surface area (Å²) in [6, 6.07) is 0. The number of ether oxygens (including phenoxy) is 2. The molecular weight excluding hydrogens is 288 g/mol. The van der Waals surface area contributed by atoms with E-state index in [1.807, 2.05) is 7.11 Å². The smallest absolute Gasteiger partial charge is 0.168 e. The Hall–Kier alpha value is -0.410. The largest absolute Gasteiger partial charge is 0.353 e. The summed E-state index contributed by atoms with van der Waals surface area (Å²) in [6.07, 6.45) is 9.86. The van der Waals surface area contributed by atoms with E-state index in [1.165, 1.54) is 19.3 Å². The second kappa shape index (κ2) is 3.88. The molecule has 0 N–H and O–H groups in total. The number of hydrogen-bond acceptors (Lipinski definition) is 3. The Morgan fingerprint density at radius 1 is 1.09 bits per heavy atom. The van der Waals surface area contributed by atoms with Crippen LogP contribution in [0.25, 0.3) is 0 Å². The van der Waals surface area contributed by atoms with Crippen LogP contribution in [-0.4, -0.2) is 24.8 Å². The van der Waals surface area contributed by atoms with Gasteiger partial charge in [0.2, 0.25) is 0 Å². The van der Waals surface area contributed by atoms with Crippen LogP contribution in [0.5, 0.6) is 0 Å². The van der Waals surface area contributed by atoms with Crippen molar-refractivity contribution in [3.05, 3.63) is 0 Å². The summed E-state index contributed by atoms with van der Waals surface area (Å²) in [5.41, 5.74) is 0.497. The van der Waals surface area contributed by atoms with Gasteiger partial charge in [0.15, 0.2) is 5.79 Å². The second-order valence-corrected chi connectivity index (χ2v) is 9.74. The molecule has 2 heterocycles. The lowest BCUT2D eigenvalue weighted by Gasteiger charge is -2.58. The number of carbonyl (C=O) groups is 1. The third-order valence-electron chi connectivity index (χ3n) is 9.54. The number of carbonyl (C=O) groups excluding carboxylic acids is 1. The van der Waals surface area contributed by atoms with E-state index in [1.54, 1.807) is 0 Å². The Labute approximate surface area is 138 Å². The van der Waals surface area contributed by atoms with Gasteiger partial charge < -0.3 is 9.47 Å². The summed E-state index contributed by atoms with van der Waals surface area (Å²) in [5, 5.41) is 0. The van der Waals surface area contributed by atoms with Crippen molar-refractivity contribution >= 4 is 5.78 Å². The summed E-state index contributed by atoms with van der Waals surface area (Å²) >= 11 is 0. The highest BCUT2D eigenvalue weighted by molar-refractivity contribution is 5.87.